The highest BCUT2D eigenvalue weighted by Crippen LogP contribution is 2.14. The topological polar surface area (TPSA) is 95.5 Å². The Morgan fingerprint density at radius 3 is 2.32 bits per heavy atom. The molecule has 0 aromatic carbocycles. The number of nitrogens with one attached hydrogen (secondary N) is 2. The first-order valence-electron chi connectivity index (χ1n) is 6.72. The second-order valence-electron chi connectivity index (χ2n) is 5.14. The van der Waals surface area contributed by atoms with E-state index in [-0.39, 0.29) is 18.3 Å². The van der Waals surface area contributed by atoms with Crippen molar-refractivity contribution < 1.29 is 18.3 Å². The van der Waals surface area contributed by atoms with E-state index in [2.05, 4.69) is 9.44 Å². The lowest BCUT2D eigenvalue weighted by Gasteiger charge is -2.15. The van der Waals surface area contributed by atoms with E-state index in [4.69, 9.17) is 5.11 Å². The fraction of sp³-hybridized carbons (Fsp3) is 0.917. The molecule has 19 heavy (non-hydrogen) atoms. The summed E-state index contributed by atoms with van der Waals surface area (Å²) >= 11 is 0. The smallest absolute Gasteiger partial charge is 0.303 e. The molecule has 3 N–H and O–H groups in total. The van der Waals surface area contributed by atoms with E-state index >= 15 is 0 Å². The van der Waals surface area contributed by atoms with Gasteiger partial charge in [0.1, 0.15) is 0 Å². The van der Waals surface area contributed by atoms with Gasteiger partial charge in [-0.05, 0) is 24.7 Å². The molecule has 0 aromatic heterocycles. The molecule has 0 heterocycles. The van der Waals surface area contributed by atoms with E-state index in [0.29, 0.717) is 25.9 Å². The summed E-state index contributed by atoms with van der Waals surface area (Å²) < 4.78 is 28.1. The summed E-state index contributed by atoms with van der Waals surface area (Å²) in [6, 6.07) is 0. The molecule has 0 bridgehead atoms. The molecule has 0 aliphatic carbocycles. The highest BCUT2D eigenvalue weighted by molar-refractivity contribution is 7.87. The van der Waals surface area contributed by atoms with Gasteiger partial charge in [0.2, 0.25) is 0 Å². The SMILES string of the molecule is CCC(CCNS(=O)(=O)NCC(C)C)CCC(=O)O. The van der Waals surface area contributed by atoms with Crippen LogP contribution in [0.3, 0.4) is 0 Å². The van der Waals surface area contributed by atoms with Crippen molar-refractivity contribution in [2.45, 2.75) is 46.5 Å². The van der Waals surface area contributed by atoms with Crippen LogP contribution in [0, 0.1) is 11.8 Å². The lowest BCUT2D eigenvalue weighted by Crippen LogP contribution is -2.39. The highest BCUT2D eigenvalue weighted by Gasteiger charge is 2.12. The summed E-state index contributed by atoms with van der Waals surface area (Å²) in [7, 11) is -3.43. The third-order valence-corrected chi connectivity index (χ3v) is 4.00. The Balaban J connectivity index is 3.94. The fourth-order valence-corrected chi connectivity index (χ4v) is 2.65. The van der Waals surface area contributed by atoms with Gasteiger partial charge >= 0.3 is 5.97 Å². The molecular formula is C12H26N2O4S. The Kier molecular flexibility index (Phi) is 8.95. The zero-order valence-corrected chi connectivity index (χ0v) is 12.8. The van der Waals surface area contributed by atoms with Crippen LogP contribution in [0.2, 0.25) is 0 Å². The molecule has 0 rings (SSSR count). The van der Waals surface area contributed by atoms with Crippen molar-refractivity contribution in [2.24, 2.45) is 11.8 Å². The predicted octanol–water partition coefficient (Wildman–Crippen LogP) is 1.35. The Morgan fingerprint density at radius 2 is 1.84 bits per heavy atom. The van der Waals surface area contributed by atoms with Crippen LogP contribution in [0.5, 0.6) is 0 Å². The summed E-state index contributed by atoms with van der Waals surface area (Å²) in [5.74, 6) is -0.308. The molecule has 0 radical (unpaired) electrons. The van der Waals surface area contributed by atoms with Crippen molar-refractivity contribution in [1.82, 2.24) is 9.44 Å². The molecule has 7 heteroatoms. The number of carboxylic acids is 1. The minimum atomic E-state index is -3.43. The summed E-state index contributed by atoms with van der Waals surface area (Å²) in [6.07, 6.45) is 2.24. The molecule has 0 amide bonds. The molecule has 0 aliphatic rings. The van der Waals surface area contributed by atoms with Crippen molar-refractivity contribution in [3.05, 3.63) is 0 Å². The third-order valence-electron chi connectivity index (χ3n) is 2.87. The maximum Gasteiger partial charge on any atom is 0.303 e. The molecule has 6 nitrogen and oxygen atoms in total. The summed E-state index contributed by atoms with van der Waals surface area (Å²) in [6.45, 7) is 6.60. The quantitative estimate of drug-likeness (QED) is 0.536. The molecule has 0 spiro atoms. The van der Waals surface area contributed by atoms with Gasteiger partial charge in [-0.15, -0.1) is 0 Å². The van der Waals surface area contributed by atoms with Crippen LogP contribution in [-0.2, 0) is 15.0 Å². The van der Waals surface area contributed by atoms with E-state index in [1.165, 1.54) is 0 Å². The van der Waals surface area contributed by atoms with Crippen molar-refractivity contribution in [1.29, 1.82) is 0 Å². The van der Waals surface area contributed by atoms with Crippen LogP contribution < -0.4 is 9.44 Å². The van der Waals surface area contributed by atoms with E-state index in [9.17, 15) is 13.2 Å². The molecule has 0 fully saturated rings. The number of rotatable bonds is 11. The predicted molar refractivity (Wildman–Crippen MR) is 75.0 cm³/mol. The first-order valence-corrected chi connectivity index (χ1v) is 8.21. The first kappa shape index (κ1) is 18.3. The molecule has 114 valence electrons. The zero-order chi connectivity index (χ0) is 14.9. The number of hydrogen-bond acceptors (Lipinski definition) is 3. The summed E-state index contributed by atoms with van der Waals surface area (Å²) in [5, 5.41) is 8.61. The molecule has 0 aliphatic heterocycles. The van der Waals surface area contributed by atoms with Crippen LogP contribution >= 0.6 is 0 Å². The van der Waals surface area contributed by atoms with Gasteiger partial charge in [0.25, 0.3) is 10.2 Å². The van der Waals surface area contributed by atoms with E-state index in [1.54, 1.807) is 0 Å². The van der Waals surface area contributed by atoms with Gasteiger partial charge in [-0.25, -0.2) is 9.44 Å². The van der Waals surface area contributed by atoms with Crippen molar-refractivity contribution in [2.75, 3.05) is 13.1 Å². The van der Waals surface area contributed by atoms with Gasteiger partial charge < -0.3 is 5.11 Å². The van der Waals surface area contributed by atoms with Crippen LogP contribution in [-0.4, -0.2) is 32.6 Å². The minimum absolute atomic E-state index is 0.136. The molecular weight excluding hydrogens is 268 g/mol. The first-order chi connectivity index (χ1) is 8.76. The monoisotopic (exact) mass is 294 g/mol. The Morgan fingerprint density at radius 1 is 1.21 bits per heavy atom. The molecule has 0 aromatic rings. The number of aliphatic carboxylic acids is 1. The standard InChI is InChI=1S/C12H26N2O4S/c1-4-11(5-6-12(15)16)7-8-13-19(17,18)14-9-10(2)3/h10-11,13-14H,4-9H2,1-3H3,(H,15,16). The van der Waals surface area contributed by atoms with Gasteiger partial charge in [0, 0.05) is 19.5 Å². The van der Waals surface area contributed by atoms with Gasteiger partial charge in [-0.2, -0.15) is 8.42 Å². The van der Waals surface area contributed by atoms with Gasteiger partial charge in [-0.3, -0.25) is 4.79 Å². The average Bonchev–Trinajstić information content (AvgIpc) is 2.31. The second kappa shape index (κ2) is 9.28. The third kappa shape index (κ3) is 10.9. The Bertz CT molecular complexity index is 355. The molecule has 0 saturated carbocycles. The Labute approximate surface area is 116 Å². The van der Waals surface area contributed by atoms with Crippen molar-refractivity contribution in [3.63, 3.8) is 0 Å². The maximum atomic E-state index is 11.6. The minimum Gasteiger partial charge on any atom is -0.481 e. The maximum absolute atomic E-state index is 11.6. The van der Waals surface area contributed by atoms with Crippen LogP contribution in [0.4, 0.5) is 0 Å². The van der Waals surface area contributed by atoms with Crippen LogP contribution in [0.1, 0.15) is 46.5 Å². The second-order valence-corrected chi connectivity index (χ2v) is 6.72. The Hall–Kier alpha value is -0.660. The fourth-order valence-electron chi connectivity index (χ4n) is 1.61. The number of carbonyl (C=O) groups is 1. The molecule has 0 saturated heterocycles. The van der Waals surface area contributed by atoms with Crippen LogP contribution in [0.15, 0.2) is 0 Å². The molecule has 1 unspecified atom stereocenters. The largest absolute Gasteiger partial charge is 0.481 e. The number of carboxylic acid groups (broad SMARTS) is 1. The van der Waals surface area contributed by atoms with E-state index < -0.39 is 16.2 Å². The van der Waals surface area contributed by atoms with E-state index in [1.807, 2.05) is 20.8 Å². The van der Waals surface area contributed by atoms with Crippen molar-refractivity contribution >= 4 is 16.2 Å². The normalized spacial score (nSPS) is 13.7. The summed E-state index contributed by atoms with van der Waals surface area (Å²) in [5.41, 5.74) is 0. The average molecular weight is 294 g/mol. The van der Waals surface area contributed by atoms with Crippen LogP contribution in [0.25, 0.3) is 0 Å². The lowest BCUT2D eigenvalue weighted by molar-refractivity contribution is -0.137. The lowest BCUT2D eigenvalue weighted by atomic mass is 9.97. The zero-order valence-electron chi connectivity index (χ0n) is 12.0. The van der Waals surface area contributed by atoms with E-state index in [0.717, 1.165) is 6.42 Å². The molecule has 1 atom stereocenters. The van der Waals surface area contributed by atoms with Gasteiger partial charge in [-0.1, -0.05) is 27.2 Å². The van der Waals surface area contributed by atoms with Gasteiger partial charge in [0.05, 0.1) is 0 Å². The van der Waals surface area contributed by atoms with Crippen molar-refractivity contribution in [3.8, 4) is 0 Å². The van der Waals surface area contributed by atoms with Gasteiger partial charge in [0.15, 0.2) is 0 Å². The number of hydrogen-bond donors (Lipinski definition) is 3. The highest BCUT2D eigenvalue weighted by atomic mass is 32.2. The summed E-state index contributed by atoms with van der Waals surface area (Å²) in [4.78, 5) is 10.5.